The minimum Gasteiger partial charge on any atom is -0.419 e. The maximum absolute atomic E-state index is 5.79. The molecule has 0 radical (unpaired) electrons. The smallest absolute Gasteiger partial charge is 0.247 e. The molecule has 118 valence electrons. The zero-order valence-corrected chi connectivity index (χ0v) is 13.4. The van der Waals surface area contributed by atoms with Crippen molar-refractivity contribution in [2.75, 3.05) is 11.9 Å². The molecule has 0 atom stereocenters. The fraction of sp³-hybridized carbons (Fsp3) is 0.100. The lowest BCUT2D eigenvalue weighted by Gasteiger charge is -2.17. The summed E-state index contributed by atoms with van der Waals surface area (Å²) in [6, 6.07) is 24.6. The van der Waals surface area contributed by atoms with Gasteiger partial charge in [0.2, 0.25) is 11.8 Å². The summed E-state index contributed by atoms with van der Waals surface area (Å²) in [5.74, 6) is 1.15. The van der Waals surface area contributed by atoms with Crippen LogP contribution in [0.4, 0.5) is 5.69 Å². The van der Waals surface area contributed by atoms with Crippen LogP contribution >= 0.6 is 0 Å². The van der Waals surface area contributed by atoms with E-state index in [0.717, 1.165) is 11.3 Å². The lowest BCUT2D eigenvalue weighted by atomic mass is 10.1. The van der Waals surface area contributed by atoms with Crippen molar-refractivity contribution < 1.29 is 4.42 Å². The molecule has 0 unspecified atom stereocenters. The molecule has 0 fully saturated rings. The SMILES string of the molecule is CN(Cc1nnc(-c2ccccc2)o1)c1ccc2ccccc2c1. The Hall–Kier alpha value is -3.14. The normalized spacial score (nSPS) is 10.9. The number of fused-ring (bicyclic) bond motifs is 1. The molecule has 4 aromatic rings. The fourth-order valence-electron chi connectivity index (χ4n) is 2.72. The third kappa shape index (κ3) is 2.86. The van der Waals surface area contributed by atoms with E-state index < -0.39 is 0 Å². The molecular weight excluding hydrogens is 298 g/mol. The summed E-state index contributed by atoms with van der Waals surface area (Å²) >= 11 is 0. The van der Waals surface area contributed by atoms with Crippen molar-refractivity contribution in [3.05, 3.63) is 78.7 Å². The first kappa shape index (κ1) is 14.5. The summed E-state index contributed by atoms with van der Waals surface area (Å²) in [4.78, 5) is 2.11. The predicted molar refractivity (Wildman–Crippen MR) is 95.8 cm³/mol. The highest BCUT2D eigenvalue weighted by atomic mass is 16.4. The van der Waals surface area contributed by atoms with Gasteiger partial charge in [-0.2, -0.15) is 0 Å². The largest absolute Gasteiger partial charge is 0.419 e. The Kier molecular flexibility index (Phi) is 3.71. The van der Waals surface area contributed by atoms with Gasteiger partial charge in [-0.1, -0.05) is 48.5 Å². The van der Waals surface area contributed by atoms with Gasteiger partial charge in [-0.25, -0.2) is 0 Å². The molecule has 0 aliphatic carbocycles. The molecule has 4 nitrogen and oxygen atoms in total. The van der Waals surface area contributed by atoms with Gasteiger partial charge in [0, 0.05) is 18.3 Å². The predicted octanol–water partition coefficient (Wildman–Crippen LogP) is 4.53. The molecule has 3 aromatic carbocycles. The zero-order valence-electron chi connectivity index (χ0n) is 13.4. The highest BCUT2D eigenvalue weighted by Gasteiger charge is 2.11. The van der Waals surface area contributed by atoms with Crippen molar-refractivity contribution >= 4 is 16.5 Å². The molecule has 0 aliphatic rings. The second kappa shape index (κ2) is 6.16. The summed E-state index contributed by atoms with van der Waals surface area (Å²) < 4.78 is 5.79. The highest BCUT2D eigenvalue weighted by Crippen LogP contribution is 2.23. The van der Waals surface area contributed by atoms with E-state index in [-0.39, 0.29) is 0 Å². The molecule has 0 aliphatic heterocycles. The van der Waals surface area contributed by atoms with E-state index >= 15 is 0 Å². The van der Waals surface area contributed by atoms with Crippen LogP contribution in [-0.2, 0) is 6.54 Å². The van der Waals surface area contributed by atoms with E-state index in [2.05, 4.69) is 57.6 Å². The number of hydrogen-bond donors (Lipinski definition) is 0. The monoisotopic (exact) mass is 315 g/mol. The van der Waals surface area contributed by atoms with Crippen LogP contribution < -0.4 is 4.90 Å². The van der Waals surface area contributed by atoms with Gasteiger partial charge in [0.15, 0.2) is 0 Å². The van der Waals surface area contributed by atoms with E-state index in [0.29, 0.717) is 18.3 Å². The Morgan fingerprint density at radius 1 is 0.833 bits per heavy atom. The molecule has 1 heterocycles. The van der Waals surface area contributed by atoms with Crippen LogP contribution in [0.2, 0.25) is 0 Å². The number of aromatic nitrogens is 2. The van der Waals surface area contributed by atoms with Gasteiger partial charge in [-0.05, 0) is 35.0 Å². The third-order valence-corrected chi connectivity index (χ3v) is 4.03. The molecule has 0 amide bonds. The summed E-state index contributed by atoms with van der Waals surface area (Å²) in [5, 5.41) is 10.8. The van der Waals surface area contributed by atoms with Crippen molar-refractivity contribution in [1.29, 1.82) is 0 Å². The molecular formula is C20H17N3O. The number of hydrogen-bond acceptors (Lipinski definition) is 4. The highest BCUT2D eigenvalue weighted by molar-refractivity contribution is 5.85. The van der Waals surface area contributed by atoms with Crippen LogP contribution in [0, 0.1) is 0 Å². The van der Waals surface area contributed by atoms with E-state index in [1.807, 2.05) is 37.4 Å². The van der Waals surface area contributed by atoms with Crippen LogP contribution in [0.15, 0.2) is 77.2 Å². The molecule has 0 saturated carbocycles. The molecule has 0 bridgehead atoms. The first-order chi connectivity index (χ1) is 11.8. The van der Waals surface area contributed by atoms with Crippen LogP contribution in [0.25, 0.3) is 22.2 Å². The second-order valence-electron chi connectivity index (χ2n) is 5.75. The number of rotatable bonds is 4. The van der Waals surface area contributed by atoms with Crippen LogP contribution in [0.5, 0.6) is 0 Å². The van der Waals surface area contributed by atoms with Crippen molar-refractivity contribution in [2.24, 2.45) is 0 Å². The van der Waals surface area contributed by atoms with Gasteiger partial charge in [0.05, 0.1) is 6.54 Å². The minimum atomic E-state index is 0.553. The van der Waals surface area contributed by atoms with Crippen molar-refractivity contribution in [2.45, 2.75) is 6.54 Å². The Bertz CT molecular complexity index is 963. The minimum absolute atomic E-state index is 0.553. The van der Waals surface area contributed by atoms with Gasteiger partial charge in [0.25, 0.3) is 0 Å². The maximum Gasteiger partial charge on any atom is 0.247 e. The zero-order chi connectivity index (χ0) is 16.4. The quantitative estimate of drug-likeness (QED) is 0.555. The molecule has 24 heavy (non-hydrogen) atoms. The first-order valence-corrected chi connectivity index (χ1v) is 7.87. The standard InChI is InChI=1S/C20H17N3O/c1-23(18-12-11-15-7-5-6-10-17(15)13-18)14-19-21-22-20(24-19)16-8-3-2-4-9-16/h2-13H,14H2,1H3. The molecule has 1 aromatic heterocycles. The second-order valence-corrected chi connectivity index (χ2v) is 5.75. The first-order valence-electron chi connectivity index (χ1n) is 7.87. The Labute approximate surface area is 140 Å². The molecule has 0 spiro atoms. The number of benzene rings is 3. The van der Waals surface area contributed by atoms with Crippen molar-refractivity contribution in [1.82, 2.24) is 10.2 Å². The Balaban J connectivity index is 1.55. The van der Waals surface area contributed by atoms with Gasteiger partial charge in [0.1, 0.15) is 0 Å². The van der Waals surface area contributed by atoms with Crippen LogP contribution in [0.1, 0.15) is 5.89 Å². The van der Waals surface area contributed by atoms with E-state index in [1.54, 1.807) is 0 Å². The molecule has 0 N–H and O–H groups in total. The third-order valence-electron chi connectivity index (χ3n) is 4.03. The van der Waals surface area contributed by atoms with Gasteiger partial charge in [-0.15, -0.1) is 10.2 Å². The van der Waals surface area contributed by atoms with E-state index in [1.165, 1.54) is 10.8 Å². The lowest BCUT2D eigenvalue weighted by Crippen LogP contribution is -2.16. The van der Waals surface area contributed by atoms with Crippen LogP contribution in [0.3, 0.4) is 0 Å². The summed E-state index contributed by atoms with van der Waals surface area (Å²) in [7, 11) is 2.02. The lowest BCUT2D eigenvalue weighted by molar-refractivity contribution is 0.503. The molecule has 0 saturated heterocycles. The average molecular weight is 315 g/mol. The van der Waals surface area contributed by atoms with Gasteiger partial charge in [-0.3, -0.25) is 0 Å². The van der Waals surface area contributed by atoms with Crippen LogP contribution in [-0.4, -0.2) is 17.2 Å². The van der Waals surface area contributed by atoms with Gasteiger partial charge >= 0.3 is 0 Å². The summed E-state index contributed by atoms with van der Waals surface area (Å²) in [5.41, 5.74) is 2.05. The topological polar surface area (TPSA) is 42.2 Å². The van der Waals surface area contributed by atoms with Crippen molar-refractivity contribution in [3.8, 4) is 11.5 Å². The molecule has 4 rings (SSSR count). The maximum atomic E-state index is 5.79. The number of nitrogens with zero attached hydrogens (tertiary/aromatic N) is 3. The van der Waals surface area contributed by atoms with E-state index in [9.17, 15) is 0 Å². The summed E-state index contributed by atoms with van der Waals surface area (Å²) in [6.07, 6.45) is 0. The van der Waals surface area contributed by atoms with Gasteiger partial charge < -0.3 is 9.32 Å². The number of anilines is 1. The van der Waals surface area contributed by atoms with Crippen molar-refractivity contribution in [3.63, 3.8) is 0 Å². The summed E-state index contributed by atoms with van der Waals surface area (Å²) in [6.45, 7) is 0.568. The average Bonchev–Trinajstić information content (AvgIpc) is 3.10. The van der Waals surface area contributed by atoms with E-state index in [4.69, 9.17) is 4.42 Å². The Morgan fingerprint density at radius 3 is 2.42 bits per heavy atom. The fourth-order valence-corrected chi connectivity index (χ4v) is 2.72. The Morgan fingerprint density at radius 2 is 1.58 bits per heavy atom. The molecule has 4 heteroatoms.